The first-order valence-corrected chi connectivity index (χ1v) is 9.32. The van der Waals surface area contributed by atoms with E-state index in [0.29, 0.717) is 12.0 Å². The average Bonchev–Trinajstić information content (AvgIpc) is 3.05. The third-order valence-electron chi connectivity index (χ3n) is 6.58. The predicted molar refractivity (Wildman–Crippen MR) is 99.3 cm³/mol. The van der Waals surface area contributed by atoms with Gasteiger partial charge in [-0.2, -0.15) is 0 Å². The lowest BCUT2D eigenvalue weighted by Gasteiger charge is -2.52. The van der Waals surface area contributed by atoms with E-state index in [1.807, 2.05) is 24.3 Å². The van der Waals surface area contributed by atoms with Gasteiger partial charge in [-0.1, -0.05) is 24.3 Å². The molecule has 1 saturated heterocycles. The van der Waals surface area contributed by atoms with Gasteiger partial charge in [0.1, 0.15) is 5.41 Å². The maximum Gasteiger partial charge on any atom is 0.333 e. The lowest BCUT2D eigenvalue weighted by atomic mass is 9.61. The van der Waals surface area contributed by atoms with E-state index in [0.717, 1.165) is 36.1 Å². The number of hydrogen-bond acceptors (Lipinski definition) is 5. The summed E-state index contributed by atoms with van der Waals surface area (Å²) < 4.78 is 10.3. The van der Waals surface area contributed by atoms with Gasteiger partial charge in [0.05, 0.1) is 20.3 Å². The van der Waals surface area contributed by atoms with Gasteiger partial charge < -0.3 is 14.5 Å². The molecule has 6 nitrogen and oxygen atoms in total. The number of aromatic nitrogens is 1. The molecule has 1 aromatic heterocycles. The first kappa shape index (κ1) is 16.6. The highest BCUT2D eigenvalue weighted by Crippen LogP contribution is 2.52. The summed E-state index contributed by atoms with van der Waals surface area (Å²) in [5.41, 5.74) is 3.06. The van der Waals surface area contributed by atoms with Crippen molar-refractivity contribution in [2.75, 3.05) is 27.3 Å². The summed E-state index contributed by atoms with van der Waals surface area (Å²) in [7, 11) is 2.85. The van der Waals surface area contributed by atoms with Crippen molar-refractivity contribution < 1.29 is 19.1 Å². The van der Waals surface area contributed by atoms with Gasteiger partial charge in [0, 0.05) is 41.2 Å². The zero-order valence-electron chi connectivity index (χ0n) is 15.5. The van der Waals surface area contributed by atoms with E-state index in [9.17, 15) is 9.59 Å². The fourth-order valence-electron chi connectivity index (χ4n) is 5.46. The summed E-state index contributed by atoms with van der Waals surface area (Å²) in [6.45, 7) is 1.62. The molecule has 4 bridgehead atoms. The first-order chi connectivity index (χ1) is 13.1. The van der Waals surface area contributed by atoms with E-state index in [1.165, 1.54) is 19.8 Å². The second-order valence-electron chi connectivity index (χ2n) is 7.69. The van der Waals surface area contributed by atoms with Gasteiger partial charge in [0.25, 0.3) is 0 Å². The highest BCUT2D eigenvalue weighted by atomic mass is 16.5. The van der Waals surface area contributed by atoms with Gasteiger partial charge in [0.15, 0.2) is 0 Å². The van der Waals surface area contributed by atoms with Crippen molar-refractivity contribution in [1.82, 2.24) is 9.88 Å². The second-order valence-corrected chi connectivity index (χ2v) is 7.69. The molecule has 1 aliphatic carbocycles. The normalized spacial score (nSPS) is 31.0. The number of para-hydroxylation sites is 1. The molecule has 4 aliphatic rings. The van der Waals surface area contributed by atoms with Crippen molar-refractivity contribution in [3.8, 4) is 0 Å². The maximum atomic E-state index is 13.2. The zero-order valence-corrected chi connectivity index (χ0v) is 15.5. The van der Waals surface area contributed by atoms with Crippen LogP contribution in [0.1, 0.15) is 17.7 Å². The maximum absolute atomic E-state index is 13.2. The molecule has 3 aliphatic heterocycles. The van der Waals surface area contributed by atoms with E-state index < -0.39 is 5.41 Å². The predicted octanol–water partition coefficient (Wildman–Crippen LogP) is 1.94. The minimum atomic E-state index is -0.819. The molecule has 6 heteroatoms. The lowest BCUT2D eigenvalue weighted by molar-refractivity contribution is -0.155. The summed E-state index contributed by atoms with van der Waals surface area (Å²) in [5.74, 6) is -0.574. The van der Waals surface area contributed by atoms with E-state index in [2.05, 4.69) is 16.0 Å². The van der Waals surface area contributed by atoms with Crippen LogP contribution in [-0.4, -0.2) is 55.2 Å². The van der Waals surface area contributed by atoms with Crippen LogP contribution in [-0.2, 0) is 30.9 Å². The van der Waals surface area contributed by atoms with Gasteiger partial charge in [-0.05, 0) is 24.5 Å². The molecule has 0 saturated carbocycles. The Labute approximate surface area is 157 Å². The van der Waals surface area contributed by atoms with Crippen LogP contribution in [0.15, 0.2) is 35.9 Å². The van der Waals surface area contributed by atoms with Crippen LogP contribution < -0.4 is 0 Å². The number of esters is 2. The number of rotatable bonds is 2. The summed E-state index contributed by atoms with van der Waals surface area (Å²) in [6, 6.07) is 7.97. The van der Waals surface area contributed by atoms with Crippen molar-refractivity contribution in [2.24, 2.45) is 5.92 Å². The summed E-state index contributed by atoms with van der Waals surface area (Å²) >= 11 is 0. The van der Waals surface area contributed by atoms with Crippen LogP contribution >= 0.6 is 0 Å². The third kappa shape index (κ3) is 2.04. The smallest absolute Gasteiger partial charge is 0.333 e. The number of ether oxygens (including phenoxy) is 2. The monoisotopic (exact) mass is 366 g/mol. The van der Waals surface area contributed by atoms with Crippen molar-refractivity contribution >= 4 is 22.8 Å². The van der Waals surface area contributed by atoms with Gasteiger partial charge in [-0.15, -0.1) is 0 Å². The standard InChI is InChI=1S/C21H22N2O4/c1-26-19(24)15-9-17-21(20(25)27-2)10-12(15)11-23(17)8-7-14-13-5-3-4-6-16(13)22-18(14)21/h3-6,9,12,17,22H,7-8,10-11H2,1-2H3/t12-,17+,21+/m1/s1. The minimum absolute atomic E-state index is 0.0427. The molecule has 0 radical (unpaired) electrons. The highest BCUT2D eigenvalue weighted by Gasteiger charge is 2.60. The van der Waals surface area contributed by atoms with Gasteiger partial charge in [-0.3, -0.25) is 9.69 Å². The molecule has 1 aromatic carbocycles. The Morgan fingerprint density at radius 2 is 2.04 bits per heavy atom. The van der Waals surface area contributed by atoms with Crippen molar-refractivity contribution in [2.45, 2.75) is 24.3 Å². The number of aromatic amines is 1. The lowest BCUT2D eigenvalue weighted by Crippen LogP contribution is -2.63. The molecule has 4 atom stereocenters. The molecule has 1 N–H and O–H groups in total. The number of nitrogens with zero attached hydrogens (tertiary/aromatic N) is 1. The third-order valence-corrected chi connectivity index (χ3v) is 6.58. The average molecular weight is 366 g/mol. The van der Waals surface area contributed by atoms with Crippen molar-refractivity contribution in [3.05, 3.63) is 47.2 Å². The number of hydrogen-bond donors (Lipinski definition) is 1. The van der Waals surface area contributed by atoms with Crippen LogP contribution in [0.25, 0.3) is 10.9 Å². The number of fused-ring (bicyclic) bond motifs is 3. The Bertz CT molecular complexity index is 991. The molecular weight excluding hydrogens is 344 g/mol. The van der Waals surface area contributed by atoms with E-state index in [-0.39, 0.29) is 23.9 Å². The first-order valence-electron chi connectivity index (χ1n) is 9.32. The Morgan fingerprint density at radius 1 is 1.22 bits per heavy atom. The molecule has 4 heterocycles. The SMILES string of the molecule is COC(=O)C1=C[C@@H]2N3CCc4c([nH]c5ccccc45)[C@]2(C(=O)OC)C[C@@H]1C3. The van der Waals surface area contributed by atoms with Gasteiger partial charge in [0.2, 0.25) is 0 Å². The van der Waals surface area contributed by atoms with Crippen LogP contribution in [0, 0.1) is 5.92 Å². The minimum Gasteiger partial charge on any atom is -0.468 e. The molecule has 1 fully saturated rings. The number of carbonyl (C=O) groups is 2. The zero-order chi connectivity index (χ0) is 18.8. The number of piperidine rings is 1. The van der Waals surface area contributed by atoms with Crippen LogP contribution in [0.4, 0.5) is 0 Å². The number of benzene rings is 1. The molecule has 0 amide bonds. The van der Waals surface area contributed by atoms with E-state index in [4.69, 9.17) is 9.47 Å². The molecule has 1 unspecified atom stereocenters. The van der Waals surface area contributed by atoms with Crippen LogP contribution in [0.2, 0.25) is 0 Å². The molecule has 6 rings (SSSR count). The summed E-state index contributed by atoms with van der Waals surface area (Å²) in [6.07, 6.45) is 3.37. The largest absolute Gasteiger partial charge is 0.468 e. The summed E-state index contributed by atoms with van der Waals surface area (Å²) in [5, 5.41) is 1.16. The van der Waals surface area contributed by atoms with Crippen LogP contribution in [0.5, 0.6) is 0 Å². The Kier molecular flexibility index (Phi) is 3.49. The van der Waals surface area contributed by atoms with Gasteiger partial charge in [-0.25, -0.2) is 4.79 Å². The van der Waals surface area contributed by atoms with Crippen molar-refractivity contribution in [1.29, 1.82) is 0 Å². The Balaban J connectivity index is 1.77. The highest BCUT2D eigenvalue weighted by molar-refractivity contribution is 5.95. The molecular formula is C21H22N2O4. The Morgan fingerprint density at radius 3 is 2.78 bits per heavy atom. The van der Waals surface area contributed by atoms with Crippen molar-refractivity contribution in [3.63, 3.8) is 0 Å². The molecule has 140 valence electrons. The molecule has 2 aromatic rings. The fraction of sp³-hybridized carbons (Fsp3) is 0.429. The Hall–Kier alpha value is -2.60. The second kappa shape index (κ2) is 5.70. The fourth-order valence-corrected chi connectivity index (χ4v) is 5.46. The number of nitrogens with one attached hydrogen (secondary N) is 1. The molecule has 27 heavy (non-hydrogen) atoms. The van der Waals surface area contributed by atoms with E-state index in [1.54, 1.807) is 0 Å². The molecule has 0 spiro atoms. The quantitative estimate of drug-likeness (QED) is 0.823. The van der Waals surface area contributed by atoms with Gasteiger partial charge >= 0.3 is 11.9 Å². The number of H-pyrrole nitrogens is 1. The number of methoxy groups -OCH3 is 2. The van der Waals surface area contributed by atoms with E-state index >= 15 is 0 Å². The summed E-state index contributed by atoms with van der Waals surface area (Å²) in [4.78, 5) is 31.3. The number of carbonyl (C=O) groups excluding carboxylic acids is 2. The van der Waals surface area contributed by atoms with Crippen LogP contribution in [0.3, 0.4) is 0 Å². The topological polar surface area (TPSA) is 71.6 Å².